The lowest BCUT2D eigenvalue weighted by molar-refractivity contribution is 0.126. The van der Waals surface area contributed by atoms with E-state index < -0.39 is 10.0 Å². The fourth-order valence-corrected chi connectivity index (χ4v) is 4.99. The number of ether oxygens (including phenoxy) is 1. The van der Waals surface area contributed by atoms with Crippen molar-refractivity contribution >= 4 is 33.4 Å². The van der Waals surface area contributed by atoms with E-state index in [2.05, 4.69) is 31.6 Å². The summed E-state index contributed by atoms with van der Waals surface area (Å²) < 4.78 is 33.1. The predicted octanol–water partition coefficient (Wildman–Crippen LogP) is 4.34. The van der Waals surface area contributed by atoms with E-state index in [1.54, 1.807) is 30.6 Å². The van der Waals surface area contributed by atoms with Gasteiger partial charge in [-0.15, -0.1) is 0 Å². The summed E-state index contributed by atoms with van der Waals surface area (Å²) in [5, 5.41) is 13.0. The van der Waals surface area contributed by atoms with Gasteiger partial charge in [0.15, 0.2) is 0 Å². The summed E-state index contributed by atoms with van der Waals surface area (Å²) >= 11 is 6.07. The van der Waals surface area contributed by atoms with Crippen LogP contribution in [0.5, 0.6) is 5.88 Å². The fraction of sp³-hybridized carbons (Fsp3) is 0.400. The molecule has 2 aromatic rings. The first-order valence-corrected chi connectivity index (χ1v) is 13.6. The topological polar surface area (TPSA) is 126 Å². The highest BCUT2D eigenvalue weighted by Crippen LogP contribution is 2.24. The molecule has 0 aliphatic heterocycles. The lowest BCUT2D eigenvalue weighted by atomic mass is 9.93. The Labute approximate surface area is 217 Å². The smallest absolute Gasteiger partial charge is 0.260 e. The standard InChI is InChI=1S/C25H32ClN5O4S/c1-4-5-6-22(26)17(2)36(33,34)31-23-14-9-19(24(30-23)35-3)8-7-18-15-27-25(28-16-18)29-20-10-12-21(32)13-11-20/h4-6,9,14-16,20-21,32H,1,7-8,10-13H2,2-3H3,(H,30,31)(H,27,28,29)/b6-5-,22-17-. The molecule has 1 aliphatic carbocycles. The number of hydrogen-bond donors (Lipinski definition) is 3. The van der Waals surface area contributed by atoms with Crippen LogP contribution in [0.1, 0.15) is 43.7 Å². The Morgan fingerprint density at radius 1 is 1.22 bits per heavy atom. The van der Waals surface area contributed by atoms with Crippen LogP contribution in [0, 0.1) is 0 Å². The summed E-state index contributed by atoms with van der Waals surface area (Å²) in [5.41, 5.74) is 1.78. The van der Waals surface area contributed by atoms with Gasteiger partial charge in [-0.1, -0.05) is 30.3 Å². The molecule has 0 atom stereocenters. The molecule has 9 nitrogen and oxygen atoms in total. The number of aromatic nitrogens is 3. The second-order valence-electron chi connectivity index (χ2n) is 8.53. The van der Waals surface area contributed by atoms with Crippen LogP contribution in [-0.4, -0.2) is 47.7 Å². The molecular formula is C25H32ClN5O4S. The van der Waals surface area contributed by atoms with Crippen LogP contribution < -0.4 is 14.8 Å². The van der Waals surface area contributed by atoms with Crippen molar-refractivity contribution in [2.75, 3.05) is 17.1 Å². The lowest BCUT2D eigenvalue weighted by Crippen LogP contribution is -2.28. The number of allylic oxidation sites excluding steroid dienone is 5. The molecule has 0 amide bonds. The Balaban J connectivity index is 1.61. The van der Waals surface area contributed by atoms with Crippen molar-refractivity contribution in [2.24, 2.45) is 0 Å². The van der Waals surface area contributed by atoms with Gasteiger partial charge in [-0.25, -0.2) is 18.4 Å². The monoisotopic (exact) mass is 533 g/mol. The quantitative estimate of drug-likeness (QED) is 0.364. The van der Waals surface area contributed by atoms with Gasteiger partial charge in [0.25, 0.3) is 10.0 Å². The molecule has 0 radical (unpaired) electrons. The van der Waals surface area contributed by atoms with Crippen molar-refractivity contribution in [1.82, 2.24) is 15.0 Å². The van der Waals surface area contributed by atoms with Gasteiger partial charge in [0.1, 0.15) is 5.82 Å². The van der Waals surface area contributed by atoms with Gasteiger partial charge < -0.3 is 15.2 Å². The summed E-state index contributed by atoms with van der Waals surface area (Å²) in [4.78, 5) is 13.1. The summed E-state index contributed by atoms with van der Waals surface area (Å²) in [5.74, 6) is 1.04. The van der Waals surface area contributed by atoms with Gasteiger partial charge in [-0.2, -0.15) is 4.98 Å². The maximum absolute atomic E-state index is 12.6. The van der Waals surface area contributed by atoms with E-state index in [0.717, 1.165) is 36.8 Å². The van der Waals surface area contributed by atoms with Crippen molar-refractivity contribution in [3.05, 3.63) is 70.4 Å². The first-order chi connectivity index (χ1) is 17.2. The maximum Gasteiger partial charge on any atom is 0.260 e. The van der Waals surface area contributed by atoms with Gasteiger partial charge in [0.2, 0.25) is 11.8 Å². The molecule has 0 spiro atoms. The zero-order valence-corrected chi connectivity index (χ0v) is 22.0. The van der Waals surface area contributed by atoms with E-state index in [9.17, 15) is 13.5 Å². The number of aliphatic hydroxyl groups is 1. The van der Waals surface area contributed by atoms with E-state index in [4.69, 9.17) is 16.3 Å². The van der Waals surface area contributed by atoms with E-state index in [1.165, 1.54) is 26.2 Å². The SMILES string of the molecule is C=C/C=C\C(Cl)=C(/C)S(=O)(=O)Nc1ccc(CCc2cnc(NC3CCC(O)CC3)nc2)c(OC)n1. The van der Waals surface area contributed by atoms with Gasteiger partial charge in [-0.05, 0) is 69.2 Å². The maximum atomic E-state index is 12.6. The highest BCUT2D eigenvalue weighted by atomic mass is 35.5. The largest absolute Gasteiger partial charge is 0.481 e. The normalized spacial score (nSPS) is 19.0. The second kappa shape index (κ2) is 12.8. The highest BCUT2D eigenvalue weighted by Gasteiger charge is 2.20. The van der Waals surface area contributed by atoms with Crippen LogP contribution in [0.15, 0.2) is 59.3 Å². The molecule has 0 bridgehead atoms. The lowest BCUT2D eigenvalue weighted by Gasteiger charge is -2.26. The molecule has 3 rings (SSSR count). The number of methoxy groups -OCH3 is 1. The average molecular weight is 534 g/mol. The molecule has 1 aliphatic rings. The van der Waals surface area contributed by atoms with Crippen molar-refractivity contribution in [2.45, 2.75) is 57.6 Å². The molecule has 2 aromatic heterocycles. The van der Waals surface area contributed by atoms with Crippen LogP contribution in [0.25, 0.3) is 0 Å². The second-order valence-corrected chi connectivity index (χ2v) is 10.8. The zero-order chi connectivity index (χ0) is 26.1. The number of aryl methyl sites for hydroxylation is 2. The average Bonchev–Trinajstić information content (AvgIpc) is 2.87. The fourth-order valence-electron chi connectivity index (χ4n) is 3.75. The highest BCUT2D eigenvalue weighted by molar-refractivity contribution is 7.96. The number of anilines is 2. The number of sulfonamides is 1. The van der Waals surface area contributed by atoms with Crippen molar-refractivity contribution in [3.63, 3.8) is 0 Å². The molecule has 194 valence electrons. The van der Waals surface area contributed by atoms with Crippen LogP contribution in [0.2, 0.25) is 0 Å². The van der Waals surface area contributed by atoms with Crippen LogP contribution >= 0.6 is 11.6 Å². The van der Waals surface area contributed by atoms with E-state index >= 15 is 0 Å². The third kappa shape index (κ3) is 7.78. The van der Waals surface area contributed by atoms with Gasteiger partial charge >= 0.3 is 0 Å². The first-order valence-electron chi connectivity index (χ1n) is 11.7. The summed E-state index contributed by atoms with van der Waals surface area (Å²) in [6.45, 7) is 4.95. The Morgan fingerprint density at radius 2 is 1.92 bits per heavy atom. The number of rotatable bonds is 11. The van der Waals surface area contributed by atoms with Crippen molar-refractivity contribution in [3.8, 4) is 5.88 Å². The number of nitrogens with one attached hydrogen (secondary N) is 2. The molecule has 0 unspecified atom stereocenters. The van der Waals surface area contributed by atoms with Crippen molar-refractivity contribution in [1.29, 1.82) is 0 Å². The van der Waals surface area contributed by atoms with Crippen LogP contribution in [-0.2, 0) is 22.9 Å². The van der Waals surface area contributed by atoms with E-state index in [0.29, 0.717) is 24.7 Å². The molecule has 2 heterocycles. The minimum Gasteiger partial charge on any atom is -0.481 e. The van der Waals surface area contributed by atoms with E-state index in [1.807, 2.05) is 0 Å². The van der Waals surface area contributed by atoms with E-state index in [-0.39, 0.29) is 27.9 Å². The summed E-state index contributed by atoms with van der Waals surface area (Å²) in [6, 6.07) is 3.64. The Kier molecular flexibility index (Phi) is 9.86. The number of nitrogens with zero attached hydrogens (tertiary/aromatic N) is 3. The van der Waals surface area contributed by atoms with Crippen molar-refractivity contribution < 1.29 is 18.3 Å². The molecule has 1 saturated carbocycles. The molecule has 0 aromatic carbocycles. The molecule has 3 N–H and O–H groups in total. The first kappa shape index (κ1) is 27.6. The predicted molar refractivity (Wildman–Crippen MR) is 143 cm³/mol. The molecule has 1 fully saturated rings. The Bertz CT molecular complexity index is 1210. The Morgan fingerprint density at radius 3 is 2.56 bits per heavy atom. The minimum atomic E-state index is -3.89. The molecule has 11 heteroatoms. The number of pyridine rings is 1. The van der Waals surface area contributed by atoms with Gasteiger partial charge in [0, 0.05) is 24.0 Å². The summed E-state index contributed by atoms with van der Waals surface area (Å²) in [7, 11) is -2.41. The third-order valence-electron chi connectivity index (χ3n) is 5.91. The number of halogens is 1. The van der Waals surface area contributed by atoms with Gasteiger partial charge in [-0.3, -0.25) is 4.72 Å². The number of aliphatic hydroxyl groups excluding tert-OH is 1. The Hall–Kier alpha value is -2.95. The number of hydrogen-bond acceptors (Lipinski definition) is 8. The van der Waals surface area contributed by atoms with Crippen LogP contribution in [0.4, 0.5) is 11.8 Å². The zero-order valence-electron chi connectivity index (χ0n) is 20.4. The minimum absolute atomic E-state index is 0.0360. The molecular weight excluding hydrogens is 502 g/mol. The third-order valence-corrected chi connectivity index (χ3v) is 7.93. The molecule has 36 heavy (non-hydrogen) atoms. The van der Waals surface area contributed by atoms with Gasteiger partial charge in [0.05, 0.1) is 23.2 Å². The summed E-state index contributed by atoms with van der Waals surface area (Å²) in [6.07, 6.45) is 12.5. The van der Waals surface area contributed by atoms with Crippen LogP contribution in [0.3, 0.4) is 0 Å². The molecule has 0 saturated heterocycles.